The largest absolute Gasteiger partial charge is 0.489 e. The summed E-state index contributed by atoms with van der Waals surface area (Å²) >= 11 is 6.41. The zero-order valence-corrected chi connectivity index (χ0v) is 26.0. The molecule has 226 valence electrons. The third kappa shape index (κ3) is 8.57. The van der Waals surface area contributed by atoms with Crippen LogP contribution in [0.25, 0.3) is 0 Å². The summed E-state index contributed by atoms with van der Waals surface area (Å²) in [6, 6.07) is 10.1. The Hall–Kier alpha value is -3.87. The third-order valence-corrected chi connectivity index (χ3v) is 8.34. The van der Waals surface area contributed by atoms with Gasteiger partial charge in [-0.15, -0.1) is 0 Å². The number of amides is 1. The van der Waals surface area contributed by atoms with E-state index in [9.17, 15) is 13.2 Å². The lowest BCUT2D eigenvalue weighted by atomic mass is 10.2. The van der Waals surface area contributed by atoms with Gasteiger partial charge in [0.25, 0.3) is 0 Å². The van der Waals surface area contributed by atoms with E-state index in [0.29, 0.717) is 35.0 Å². The maximum atomic E-state index is 12.9. The predicted octanol–water partition coefficient (Wildman–Crippen LogP) is 5.73. The van der Waals surface area contributed by atoms with Crippen molar-refractivity contribution in [3.05, 3.63) is 60.3 Å². The SMILES string of the molecule is C=CC(=O)Nc1cc(Nc2ncc(Cl)c(Nc3ccccc3S(=O)(=O)C(C)C)n2)c(OC(C)C)cc1NCCNCC. The first kappa shape index (κ1) is 32.6. The summed E-state index contributed by atoms with van der Waals surface area (Å²) in [6.07, 6.45) is 2.43. The number of nitrogens with one attached hydrogen (secondary N) is 5. The molecule has 0 radical (unpaired) electrons. The minimum absolute atomic E-state index is 0.136. The van der Waals surface area contributed by atoms with E-state index < -0.39 is 15.1 Å². The van der Waals surface area contributed by atoms with E-state index in [1.54, 1.807) is 44.2 Å². The summed E-state index contributed by atoms with van der Waals surface area (Å²) in [6.45, 7) is 14.8. The molecular weight excluding hydrogens is 578 g/mol. The molecule has 0 aliphatic carbocycles. The predicted molar refractivity (Wildman–Crippen MR) is 170 cm³/mol. The second-order valence-corrected chi connectivity index (χ2v) is 12.6. The van der Waals surface area contributed by atoms with Gasteiger partial charge in [-0.3, -0.25) is 4.79 Å². The first-order valence-electron chi connectivity index (χ1n) is 13.6. The molecule has 1 heterocycles. The third-order valence-electron chi connectivity index (χ3n) is 5.85. The lowest BCUT2D eigenvalue weighted by Gasteiger charge is -2.20. The lowest BCUT2D eigenvalue weighted by Crippen LogP contribution is -2.22. The van der Waals surface area contributed by atoms with Crippen LogP contribution in [-0.2, 0) is 14.6 Å². The van der Waals surface area contributed by atoms with Crippen LogP contribution in [0, 0.1) is 0 Å². The Morgan fingerprint density at radius 3 is 2.45 bits per heavy atom. The van der Waals surface area contributed by atoms with Crippen LogP contribution in [0.15, 0.2) is 60.1 Å². The van der Waals surface area contributed by atoms with Crippen LogP contribution in [0.1, 0.15) is 34.6 Å². The van der Waals surface area contributed by atoms with Gasteiger partial charge in [0.15, 0.2) is 15.7 Å². The van der Waals surface area contributed by atoms with E-state index in [-0.39, 0.29) is 33.7 Å². The molecule has 3 rings (SSSR count). The summed E-state index contributed by atoms with van der Waals surface area (Å²) < 4.78 is 32.0. The molecule has 2 aromatic carbocycles. The fraction of sp³-hybridized carbons (Fsp3) is 0.345. The van der Waals surface area contributed by atoms with Crippen LogP contribution in [0.3, 0.4) is 0 Å². The van der Waals surface area contributed by atoms with Crippen molar-refractivity contribution in [1.82, 2.24) is 15.3 Å². The van der Waals surface area contributed by atoms with Crippen LogP contribution < -0.4 is 31.3 Å². The fourth-order valence-corrected chi connectivity index (χ4v) is 5.10. The zero-order chi connectivity index (χ0) is 30.9. The van der Waals surface area contributed by atoms with Crippen LogP contribution >= 0.6 is 11.6 Å². The van der Waals surface area contributed by atoms with Gasteiger partial charge in [0, 0.05) is 19.2 Å². The van der Waals surface area contributed by atoms with Crippen molar-refractivity contribution >= 4 is 61.9 Å². The highest BCUT2D eigenvalue weighted by Crippen LogP contribution is 2.38. The van der Waals surface area contributed by atoms with Crippen molar-refractivity contribution in [2.45, 2.75) is 50.9 Å². The molecule has 0 atom stereocenters. The van der Waals surface area contributed by atoms with Gasteiger partial charge in [-0.2, -0.15) is 4.98 Å². The van der Waals surface area contributed by atoms with Crippen molar-refractivity contribution in [3.63, 3.8) is 0 Å². The summed E-state index contributed by atoms with van der Waals surface area (Å²) in [4.78, 5) is 21.2. The van der Waals surface area contributed by atoms with Crippen molar-refractivity contribution in [1.29, 1.82) is 0 Å². The number of carbonyl (C=O) groups is 1. The van der Waals surface area contributed by atoms with E-state index in [1.165, 1.54) is 18.3 Å². The Labute approximate surface area is 252 Å². The van der Waals surface area contributed by atoms with Crippen LogP contribution in [0.5, 0.6) is 5.75 Å². The Balaban J connectivity index is 2.01. The number of benzene rings is 2. The van der Waals surface area contributed by atoms with Crippen molar-refractivity contribution in [3.8, 4) is 5.75 Å². The number of likely N-dealkylation sites (N-methyl/N-ethyl adjacent to an activating group) is 1. The first-order valence-corrected chi connectivity index (χ1v) is 15.5. The van der Waals surface area contributed by atoms with Crippen molar-refractivity contribution in [2.24, 2.45) is 0 Å². The average molecular weight is 616 g/mol. The molecule has 0 saturated carbocycles. The Bertz CT molecular complexity index is 1510. The fourth-order valence-electron chi connectivity index (χ4n) is 3.76. The molecule has 0 unspecified atom stereocenters. The maximum absolute atomic E-state index is 12.9. The second kappa shape index (κ2) is 14.9. The number of para-hydroxylation sites is 1. The number of carbonyl (C=O) groups excluding carboxylic acids is 1. The van der Waals surface area contributed by atoms with Gasteiger partial charge in [0.2, 0.25) is 11.9 Å². The molecule has 1 amide bonds. The van der Waals surface area contributed by atoms with Crippen LogP contribution in [0.2, 0.25) is 5.02 Å². The van der Waals surface area contributed by atoms with E-state index >= 15 is 0 Å². The number of anilines is 6. The Morgan fingerprint density at radius 2 is 1.79 bits per heavy atom. The van der Waals surface area contributed by atoms with Gasteiger partial charge in [-0.05, 0) is 58.5 Å². The molecule has 0 aliphatic rings. The van der Waals surface area contributed by atoms with Gasteiger partial charge in [-0.1, -0.05) is 37.2 Å². The molecule has 0 aliphatic heterocycles. The molecule has 5 N–H and O–H groups in total. The van der Waals surface area contributed by atoms with E-state index in [0.717, 1.165) is 13.1 Å². The molecule has 42 heavy (non-hydrogen) atoms. The normalized spacial score (nSPS) is 11.3. The number of rotatable bonds is 15. The van der Waals surface area contributed by atoms with E-state index in [1.807, 2.05) is 20.8 Å². The summed E-state index contributed by atoms with van der Waals surface area (Å²) in [5, 5.41) is 15.2. The summed E-state index contributed by atoms with van der Waals surface area (Å²) in [5.74, 6) is 0.480. The van der Waals surface area contributed by atoms with E-state index in [4.69, 9.17) is 16.3 Å². The first-order chi connectivity index (χ1) is 20.0. The second-order valence-electron chi connectivity index (χ2n) is 9.76. The Kier molecular flexibility index (Phi) is 11.5. The molecule has 0 spiro atoms. The number of hydrogen-bond donors (Lipinski definition) is 5. The Morgan fingerprint density at radius 1 is 1.05 bits per heavy atom. The lowest BCUT2D eigenvalue weighted by molar-refractivity contribution is -0.111. The monoisotopic (exact) mass is 615 g/mol. The molecule has 3 aromatic rings. The van der Waals surface area contributed by atoms with E-state index in [2.05, 4.69) is 43.1 Å². The summed E-state index contributed by atoms with van der Waals surface area (Å²) in [7, 11) is -3.58. The van der Waals surface area contributed by atoms with Gasteiger partial charge in [-0.25, -0.2) is 13.4 Å². The minimum atomic E-state index is -3.58. The van der Waals surface area contributed by atoms with Gasteiger partial charge in [0.1, 0.15) is 10.8 Å². The van der Waals surface area contributed by atoms with Gasteiger partial charge >= 0.3 is 0 Å². The summed E-state index contributed by atoms with van der Waals surface area (Å²) in [5.41, 5.74) is 1.97. The highest BCUT2D eigenvalue weighted by atomic mass is 35.5. The highest BCUT2D eigenvalue weighted by Gasteiger charge is 2.23. The smallest absolute Gasteiger partial charge is 0.247 e. The number of sulfone groups is 1. The molecule has 1 aromatic heterocycles. The average Bonchev–Trinajstić information content (AvgIpc) is 2.94. The molecule has 0 saturated heterocycles. The number of hydrogen-bond acceptors (Lipinski definition) is 10. The number of aromatic nitrogens is 2. The molecule has 11 nitrogen and oxygen atoms in total. The molecular formula is C29H38ClN7O4S. The minimum Gasteiger partial charge on any atom is -0.489 e. The van der Waals surface area contributed by atoms with Crippen LogP contribution in [-0.4, -0.2) is 55.3 Å². The van der Waals surface area contributed by atoms with Gasteiger partial charge in [0.05, 0.1) is 45.2 Å². The standard InChI is InChI=1S/C29H38ClN7O4S/c1-7-27(38)34-23-15-24(25(41-18(3)4)16-22(23)32-14-13-31-8-2)36-29-33-17-20(30)28(37-29)35-21-11-9-10-12-26(21)42(39,40)19(5)6/h7,9-12,15-19,31-32H,1,8,13-14H2,2-6H3,(H,34,38)(H2,33,35,36,37). The number of ether oxygens (including phenoxy) is 1. The van der Waals surface area contributed by atoms with Crippen LogP contribution in [0.4, 0.5) is 34.5 Å². The molecule has 0 fully saturated rings. The quantitative estimate of drug-likeness (QED) is 0.106. The molecule has 0 bridgehead atoms. The zero-order valence-electron chi connectivity index (χ0n) is 24.4. The van der Waals surface area contributed by atoms with Gasteiger partial charge < -0.3 is 31.3 Å². The van der Waals surface area contributed by atoms with Crippen molar-refractivity contribution in [2.75, 3.05) is 40.9 Å². The highest BCUT2D eigenvalue weighted by molar-refractivity contribution is 7.92. The topological polar surface area (TPSA) is 146 Å². The number of halogens is 1. The maximum Gasteiger partial charge on any atom is 0.247 e. The van der Waals surface area contributed by atoms with Crippen molar-refractivity contribution < 1.29 is 17.9 Å². The molecule has 13 heteroatoms. The number of nitrogens with zero attached hydrogens (tertiary/aromatic N) is 2.